The summed E-state index contributed by atoms with van der Waals surface area (Å²) in [6, 6.07) is 8.07. The number of alkyl halides is 1. The summed E-state index contributed by atoms with van der Waals surface area (Å²) >= 11 is 4.94. The number of halogens is 1. The molecule has 1 aromatic rings. The van der Waals surface area contributed by atoms with Crippen LogP contribution < -0.4 is 0 Å². The van der Waals surface area contributed by atoms with Crippen molar-refractivity contribution in [2.75, 3.05) is 38.2 Å². The highest BCUT2D eigenvalue weighted by atomic mass is 79.9. The Labute approximate surface area is 206 Å². The van der Waals surface area contributed by atoms with Crippen molar-refractivity contribution in [1.82, 2.24) is 0 Å². The van der Waals surface area contributed by atoms with Gasteiger partial charge in [0, 0.05) is 20.6 Å². The van der Waals surface area contributed by atoms with E-state index >= 15 is 0 Å². The first kappa shape index (κ1) is 30.8. The Morgan fingerprint density at radius 2 is 1.78 bits per heavy atom. The average molecular weight is 532 g/mol. The predicted molar refractivity (Wildman–Crippen MR) is 137 cm³/mol. The first-order valence-corrected chi connectivity index (χ1v) is 13.0. The number of carbonyl (C=O) groups is 3. The topological polar surface area (TPSA) is 69.7 Å². The molecule has 0 amide bonds. The second-order valence-electron chi connectivity index (χ2n) is 8.79. The van der Waals surface area contributed by atoms with Crippen LogP contribution in [0.2, 0.25) is 0 Å². The predicted octanol–water partition coefficient (Wildman–Crippen LogP) is 5.41. The number of hydrogen-bond donors (Lipinski definition) is 0. The zero-order valence-electron chi connectivity index (χ0n) is 20.4. The molecule has 1 aromatic carbocycles. The summed E-state index contributed by atoms with van der Waals surface area (Å²) in [4.78, 5) is 34.8. The highest BCUT2D eigenvalue weighted by molar-refractivity contribution is 9.09. The smallest absolute Gasteiger partial charge is 0.315 e. The highest BCUT2D eigenvalue weighted by Crippen LogP contribution is 2.35. The molecule has 7 heteroatoms. The van der Waals surface area contributed by atoms with Crippen molar-refractivity contribution in [2.24, 2.45) is 5.41 Å². The maximum Gasteiger partial charge on any atom is 0.315 e. The van der Waals surface area contributed by atoms with E-state index in [4.69, 9.17) is 4.74 Å². The monoisotopic (exact) mass is 530 g/mol. The van der Waals surface area contributed by atoms with E-state index in [9.17, 15) is 14.4 Å². The first-order valence-electron chi connectivity index (χ1n) is 10.8. The summed E-state index contributed by atoms with van der Waals surface area (Å²) in [5.41, 5.74) is 1.62. The van der Waals surface area contributed by atoms with E-state index in [1.54, 1.807) is 26.0 Å². The molecule has 1 atom stereocenters. The number of aldehydes is 1. The number of esters is 1. The zero-order valence-corrected chi connectivity index (χ0v) is 22.8. The lowest BCUT2D eigenvalue weighted by Crippen LogP contribution is -2.34. The Hall–Kier alpha value is -1.18. The molecule has 0 aromatic heterocycles. The lowest BCUT2D eigenvalue weighted by molar-refractivity contribution is -0.137. The fourth-order valence-corrected chi connectivity index (χ4v) is 5.05. The largest absolute Gasteiger partial charge is 0.468 e. The van der Waals surface area contributed by atoms with Crippen molar-refractivity contribution < 1.29 is 23.9 Å². The molecule has 0 aliphatic rings. The molecule has 0 aliphatic heterocycles. The van der Waals surface area contributed by atoms with Crippen LogP contribution in [0, 0.1) is 5.41 Å². The van der Waals surface area contributed by atoms with Gasteiger partial charge in [-0.25, -0.2) is 0 Å². The van der Waals surface area contributed by atoms with Gasteiger partial charge in [0.1, 0.15) is 6.29 Å². The highest BCUT2D eigenvalue weighted by Gasteiger charge is 2.34. The van der Waals surface area contributed by atoms with Crippen molar-refractivity contribution in [2.45, 2.75) is 58.3 Å². The van der Waals surface area contributed by atoms with E-state index in [0.29, 0.717) is 23.9 Å². The van der Waals surface area contributed by atoms with Crippen molar-refractivity contribution in [3.63, 3.8) is 0 Å². The van der Waals surface area contributed by atoms with E-state index in [1.165, 1.54) is 7.11 Å². The lowest BCUT2D eigenvalue weighted by Gasteiger charge is -2.31. The fraction of sp³-hybridized carbons (Fsp3) is 0.640. The van der Waals surface area contributed by atoms with Gasteiger partial charge in [0.15, 0.2) is 5.78 Å². The number of ether oxygens (including phenoxy) is 2. The summed E-state index contributed by atoms with van der Waals surface area (Å²) in [7, 11) is 4.66. The summed E-state index contributed by atoms with van der Waals surface area (Å²) in [6.07, 6.45) is 4.76. The Balaban J connectivity index is 0.00000302. The maximum atomic E-state index is 12.8. The van der Waals surface area contributed by atoms with Gasteiger partial charge in [0.2, 0.25) is 0 Å². The molecule has 1 rings (SSSR count). The molecule has 0 aliphatic carbocycles. The Morgan fingerprint density at radius 1 is 1.12 bits per heavy atom. The number of ketones is 1. The second-order valence-corrected chi connectivity index (χ2v) is 10.3. The minimum atomic E-state index is -0.560. The normalized spacial score (nSPS) is 12.8. The van der Waals surface area contributed by atoms with Crippen LogP contribution in [-0.2, 0) is 35.7 Å². The summed E-state index contributed by atoms with van der Waals surface area (Å²) < 4.78 is 8.94. The van der Waals surface area contributed by atoms with Crippen molar-refractivity contribution in [3.05, 3.63) is 35.4 Å². The average Bonchev–Trinajstić information content (AvgIpc) is 2.77. The third-order valence-corrected chi connectivity index (χ3v) is 7.26. The Bertz CT molecular complexity index is 707. The molecule has 32 heavy (non-hydrogen) atoms. The molecule has 0 bridgehead atoms. The van der Waals surface area contributed by atoms with Crippen LogP contribution >= 0.6 is 27.7 Å². The quantitative estimate of drug-likeness (QED) is 0.182. The molecule has 0 fully saturated rings. The number of rotatable bonds is 14. The minimum absolute atomic E-state index is 0.0723. The van der Waals surface area contributed by atoms with Gasteiger partial charge in [-0.2, -0.15) is 0 Å². The van der Waals surface area contributed by atoms with Crippen LogP contribution in [0.25, 0.3) is 0 Å². The minimum Gasteiger partial charge on any atom is -0.468 e. The number of benzene rings is 1. The van der Waals surface area contributed by atoms with Crippen molar-refractivity contribution in [3.8, 4) is 0 Å². The van der Waals surface area contributed by atoms with E-state index in [2.05, 4.69) is 40.6 Å². The summed E-state index contributed by atoms with van der Waals surface area (Å²) in [6.45, 7) is 6.41. The van der Waals surface area contributed by atoms with E-state index in [1.807, 2.05) is 25.1 Å². The van der Waals surface area contributed by atoms with Crippen molar-refractivity contribution in [1.29, 1.82) is 0 Å². The Morgan fingerprint density at radius 3 is 2.34 bits per heavy atom. The van der Waals surface area contributed by atoms with Gasteiger partial charge < -0.3 is 14.3 Å². The summed E-state index contributed by atoms with van der Waals surface area (Å²) in [5, 5.41) is 0.320. The second kappa shape index (κ2) is 16.4. The molecular weight excluding hydrogens is 492 g/mol. The molecule has 0 saturated heterocycles. The maximum absolute atomic E-state index is 12.8. The zero-order chi connectivity index (χ0) is 24.6. The molecule has 1 unspecified atom stereocenters. The van der Waals surface area contributed by atoms with E-state index in [0.717, 1.165) is 42.4 Å². The molecule has 0 radical (unpaired) electrons. The first-order chi connectivity index (χ1) is 15.1. The molecule has 0 spiro atoms. The molecule has 182 valence electrons. The van der Waals surface area contributed by atoms with Crippen LogP contribution in [0.15, 0.2) is 24.3 Å². The lowest BCUT2D eigenvalue weighted by atomic mass is 9.73. The molecule has 0 heterocycles. The number of carbonyl (C=O) groups excluding carboxylic acids is 3. The Kier molecular flexibility index (Phi) is 15.8. The van der Waals surface area contributed by atoms with Crippen LogP contribution in [0.5, 0.6) is 0 Å². The van der Waals surface area contributed by atoms with E-state index < -0.39 is 5.41 Å². The van der Waals surface area contributed by atoms with Crippen LogP contribution in [0.3, 0.4) is 0 Å². The standard InChI is InChI=1S/C23H33BrO4S.C2H6O/c1-22(2,17-29-16-21(27)28-4)11-7-12-23(3,20(26)15-24)19-10-5-8-18(14-19)9-6-13-25;1-3-2/h5,8,10,13-14H,6-7,9,11-12,15-17H2,1-4H3;1-2H3. The number of Topliss-reactive ketones (excluding diaryl/α,β-unsaturated/α-hetero) is 1. The number of aryl methyl sites for hydroxylation is 1. The van der Waals surface area contributed by atoms with Crippen molar-refractivity contribution >= 4 is 45.7 Å². The third-order valence-electron chi connectivity index (χ3n) is 5.32. The van der Waals surface area contributed by atoms with Gasteiger partial charge >= 0.3 is 5.97 Å². The molecule has 0 saturated carbocycles. The number of methoxy groups -OCH3 is 2. The van der Waals surface area contributed by atoms with Gasteiger partial charge in [-0.15, -0.1) is 11.8 Å². The third kappa shape index (κ3) is 11.6. The SMILES string of the molecule is COC.COC(=O)CSCC(C)(C)CCCC(C)(C(=O)CBr)c1cccc(CCC=O)c1. The molecule has 0 N–H and O–H groups in total. The van der Waals surface area contributed by atoms with Crippen LogP contribution in [-0.4, -0.2) is 56.2 Å². The van der Waals surface area contributed by atoms with Gasteiger partial charge in [0.25, 0.3) is 0 Å². The molecule has 5 nitrogen and oxygen atoms in total. The van der Waals surface area contributed by atoms with Crippen LogP contribution in [0.4, 0.5) is 0 Å². The molecular formula is C25H39BrO5S. The van der Waals surface area contributed by atoms with Gasteiger partial charge in [-0.1, -0.05) is 60.5 Å². The van der Waals surface area contributed by atoms with E-state index in [-0.39, 0.29) is 17.2 Å². The van der Waals surface area contributed by atoms with Gasteiger partial charge in [0.05, 0.1) is 23.6 Å². The number of hydrogen-bond acceptors (Lipinski definition) is 6. The fourth-order valence-electron chi connectivity index (χ4n) is 3.35. The number of thioether (sulfide) groups is 1. The van der Waals surface area contributed by atoms with Gasteiger partial charge in [-0.05, 0) is 48.5 Å². The summed E-state index contributed by atoms with van der Waals surface area (Å²) in [5.74, 6) is 1.21. The van der Waals surface area contributed by atoms with Crippen LogP contribution in [0.1, 0.15) is 57.6 Å². The van der Waals surface area contributed by atoms with Gasteiger partial charge in [-0.3, -0.25) is 9.59 Å².